The second kappa shape index (κ2) is 5.45. The summed E-state index contributed by atoms with van der Waals surface area (Å²) in [4.78, 5) is 10.7. The van der Waals surface area contributed by atoms with Crippen LogP contribution >= 0.6 is 0 Å². The maximum absolute atomic E-state index is 11.8. The van der Waals surface area contributed by atoms with Gasteiger partial charge in [-0.1, -0.05) is 18.9 Å². The molecule has 1 aliphatic carbocycles. The van der Waals surface area contributed by atoms with Crippen LogP contribution < -0.4 is 0 Å². The molecule has 1 aliphatic rings. The van der Waals surface area contributed by atoms with Crippen LogP contribution in [0.1, 0.15) is 25.7 Å². The molecule has 5 nitrogen and oxygen atoms in total. The van der Waals surface area contributed by atoms with Gasteiger partial charge in [0.2, 0.25) is 10.0 Å². The van der Waals surface area contributed by atoms with E-state index in [1.807, 2.05) is 0 Å². The fourth-order valence-corrected chi connectivity index (χ4v) is 3.49. The van der Waals surface area contributed by atoms with E-state index in [-0.39, 0.29) is 11.8 Å². The van der Waals surface area contributed by atoms with Crippen LogP contribution in [-0.2, 0) is 14.8 Å². The minimum Gasteiger partial charge on any atom is -0.480 e. The molecule has 0 aromatic rings. The Balaban J connectivity index is 2.85. The largest absolute Gasteiger partial charge is 0.480 e. The van der Waals surface area contributed by atoms with E-state index in [0.29, 0.717) is 0 Å². The van der Waals surface area contributed by atoms with E-state index in [1.54, 1.807) is 0 Å². The predicted molar refractivity (Wildman–Crippen MR) is 60.6 cm³/mol. The first-order valence-corrected chi connectivity index (χ1v) is 6.90. The van der Waals surface area contributed by atoms with Gasteiger partial charge in [0.1, 0.15) is 6.54 Å². The molecule has 0 bridgehead atoms. The molecule has 1 N–H and O–H groups in total. The summed E-state index contributed by atoms with van der Waals surface area (Å²) in [6, 6.07) is -0.152. The number of hydrogen-bond donors (Lipinski definition) is 1. The summed E-state index contributed by atoms with van der Waals surface area (Å²) in [6.45, 7) is 2.94. The Morgan fingerprint density at radius 1 is 1.44 bits per heavy atom. The van der Waals surface area contributed by atoms with E-state index in [4.69, 9.17) is 5.11 Å². The monoisotopic (exact) mass is 247 g/mol. The molecule has 1 rings (SSSR count). The van der Waals surface area contributed by atoms with Crippen molar-refractivity contribution in [1.29, 1.82) is 0 Å². The van der Waals surface area contributed by atoms with Crippen molar-refractivity contribution < 1.29 is 18.3 Å². The van der Waals surface area contributed by atoms with E-state index in [2.05, 4.69) is 6.58 Å². The van der Waals surface area contributed by atoms with Gasteiger partial charge < -0.3 is 5.11 Å². The van der Waals surface area contributed by atoms with E-state index < -0.39 is 22.5 Å². The highest BCUT2D eigenvalue weighted by atomic mass is 32.2. The van der Waals surface area contributed by atoms with Crippen LogP contribution in [0.4, 0.5) is 0 Å². The zero-order valence-corrected chi connectivity index (χ0v) is 9.95. The highest BCUT2D eigenvalue weighted by Gasteiger charge is 2.32. The van der Waals surface area contributed by atoms with Gasteiger partial charge in [-0.15, -0.1) is 6.58 Å². The molecule has 1 fully saturated rings. The van der Waals surface area contributed by atoms with Crippen LogP contribution in [0.25, 0.3) is 0 Å². The first-order chi connectivity index (χ1) is 7.47. The summed E-state index contributed by atoms with van der Waals surface area (Å²) in [5, 5.41) is 8.74. The van der Waals surface area contributed by atoms with Crippen LogP contribution in [0.5, 0.6) is 0 Å². The van der Waals surface area contributed by atoms with Gasteiger partial charge in [0, 0.05) is 6.04 Å². The van der Waals surface area contributed by atoms with Crippen molar-refractivity contribution in [2.75, 3.05) is 12.3 Å². The lowest BCUT2D eigenvalue weighted by molar-refractivity contribution is -0.137. The van der Waals surface area contributed by atoms with Crippen LogP contribution in [0.2, 0.25) is 0 Å². The summed E-state index contributed by atoms with van der Waals surface area (Å²) in [5.74, 6) is -1.31. The Hall–Kier alpha value is -0.880. The zero-order chi connectivity index (χ0) is 12.2. The molecule has 0 heterocycles. The average Bonchev–Trinajstić information content (AvgIpc) is 2.66. The quantitative estimate of drug-likeness (QED) is 0.705. The van der Waals surface area contributed by atoms with Crippen molar-refractivity contribution in [2.45, 2.75) is 31.7 Å². The lowest BCUT2D eigenvalue weighted by Crippen LogP contribution is -2.43. The molecule has 1 saturated carbocycles. The second-order valence-electron chi connectivity index (χ2n) is 3.94. The molecule has 0 unspecified atom stereocenters. The molecular weight excluding hydrogens is 230 g/mol. The maximum atomic E-state index is 11.8. The molecule has 0 spiro atoms. The van der Waals surface area contributed by atoms with Crippen molar-refractivity contribution in [3.8, 4) is 0 Å². The number of aliphatic carboxylic acids is 1. The van der Waals surface area contributed by atoms with Gasteiger partial charge >= 0.3 is 5.97 Å². The van der Waals surface area contributed by atoms with Crippen LogP contribution in [0.15, 0.2) is 12.7 Å². The van der Waals surface area contributed by atoms with E-state index in [1.165, 1.54) is 6.08 Å². The Bertz CT molecular complexity index is 357. The summed E-state index contributed by atoms with van der Waals surface area (Å²) in [7, 11) is -3.52. The van der Waals surface area contributed by atoms with E-state index in [0.717, 1.165) is 30.0 Å². The minimum atomic E-state index is -3.52. The van der Waals surface area contributed by atoms with Gasteiger partial charge in [-0.3, -0.25) is 4.79 Å². The van der Waals surface area contributed by atoms with Gasteiger partial charge in [0.25, 0.3) is 0 Å². The molecule has 16 heavy (non-hydrogen) atoms. The summed E-state index contributed by atoms with van der Waals surface area (Å²) < 4.78 is 24.8. The topological polar surface area (TPSA) is 74.7 Å². The first kappa shape index (κ1) is 13.2. The fraction of sp³-hybridized carbons (Fsp3) is 0.700. The van der Waals surface area contributed by atoms with E-state index in [9.17, 15) is 13.2 Å². The van der Waals surface area contributed by atoms with E-state index >= 15 is 0 Å². The van der Waals surface area contributed by atoms with Crippen molar-refractivity contribution in [3.63, 3.8) is 0 Å². The number of hydrogen-bond acceptors (Lipinski definition) is 3. The van der Waals surface area contributed by atoms with Crippen molar-refractivity contribution in [3.05, 3.63) is 12.7 Å². The second-order valence-corrected chi connectivity index (χ2v) is 5.91. The molecule has 0 aliphatic heterocycles. The molecule has 0 atom stereocenters. The summed E-state index contributed by atoms with van der Waals surface area (Å²) in [5.41, 5.74) is 0. The van der Waals surface area contributed by atoms with Gasteiger partial charge in [-0.25, -0.2) is 8.42 Å². The van der Waals surface area contributed by atoms with Gasteiger partial charge in [0.15, 0.2) is 0 Å². The Morgan fingerprint density at radius 2 is 2.00 bits per heavy atom. The molecular formula is C10H17NO4S. The molecule has 0 radical (unpaired) electrons. The van der Waals surface area contributed by atoms with Gasteiger partial charge in [0.05, 0.1) is 5.75 Å². The standard InChI is InChI=1S/C10H17NO4S/c1-2-7-16(14,15)11(8-10(12)13)9-5-3-4-6-9/h2,9H,1,3-8H2,(H,12,13). The van der Waals surface area contributed by atoms with Crippen molar-refractivity contribution >= 4 is 16.0 Å². The Kier molecular flexibility index (Phi) is 4.49. The number of carbonyl (C=O) groups is 1. The molecule has 92 valence electrons. The molecule has 0 aromatic heterocycles. The highest BCUT2D eigenvalue weighted by molar-refractivity contribution is 7.89. The average molecular weight is 247 g/mol. The zero-order valence-electron chi connectivity index (χ0n) is 9.13. The van der Waals surface area contributed by atoms with Crippen molar-refractivity contribution in [2.24, 2.45) is 0 Å². The molecule has 0 saturated heterocycles. The number of sulfonamides is 1. The SMILES string of the molecule is C=CCS(=O)(=O)N(CC(=O)O)C1CCCC1. The Morgan fingerprint density at radius 3 is 2.44 bits per heavy atom. The Labute approximate surface area is 95.8 Å². The fourth-order valence-electron chi connectivity index (χ4n) is 2.02. The first-order valence-electron chi connectivity index (χ1n) is 5.29. The molecule has 0 aromatic carbocycles. The van der Waals surface area contributed by atoms with Crippen molar-refractivity contribution in [1.82, 2.24) is 4.31 Å². The minimum absolute atomic E-state index is 0.152. The summed E-state index contributed by atoms with van der Waals surface area (Å²) >= 11 is 0. The maximum Gasteiger partial charge on any atom is 0.318 e. The normalized spacial score (nSPS) is 17.8. The third kappa shape index (κ3) is 3.31. The third-order valence-electron chi connectivity index (χ3n) is 2.71. The predicted octanol–water partition coefficient (Wildman–Crippen LogP) is 0.831. The van der Waals surface area contributed by atoms with Gasteiger partial charge in [-0.2, -0.15) is 4.31 Å². The number of nitrogens with zero attached hydrogens (tertiary/aromatic N) is 1. The number of carboxylic acids is 1. The highest BCUT2D eigenvalue weighted by Crippen LogP contribution is 2.25. The van der Waals surface area contributed by atoms with Crippen LogP contribution in [0.3, 0.4) is 0 Å². The smallest absolute Gasteiger partial charge is 0.318 e. The lowest BCUT2D eigenvalue weighted by atomic mass is 10.2. The molecule has 6 heteroatoms. The summed E-state index contributed by atoms with van der Waals surface area (Å²) in [6.07, 6.45) is 4.72. The van der Waals surface area contributed by atoms with Crippen LogP contribution in [0, 0.1) is 0 Å². The van der Waals surface area contributed by atoms with Gasteiger partial charge in [-0.05, 0) is 12.8 Å². The third-order valence-corrected chi connectivity index (χ3v) is 4.51. The van der Waals surface area contributed by atoms with Crippen LogP contribution in [-0.4, -0.2) is 42.1 Å². The lowest BCUT2D eigenvalue weighted by Gasteiger charge is -2.25. The number of rotatable bonds is 6. The molecule has 0 amide bonds. The number of carboxylic acid groups (broad SMARTS) is 1.